The number of ether oxygens (including phenoxy) is 3. The van der Waals surface area contributed by atoms with Crippen LogP contribution in [0.25, 0.3) is 11.1 Å². The number of likely N-dealkylation sites (tertiary alicyclic amines) is 1. The number of hydrogen-bond donors (Lipinski definition) is 0. The predicted molar refractivity (Wildman–Crippen MR) is 134 cm³/mol. The van der Waals surface area contributed by atoms with Gasteiger partial charge in [0.25, 0.3) is 0 Å². The smallest absolute Gasteiger partial charge is 0.489 e. The molecular weight excluding hydrogens is 499 g/mol. The van der Waals surface area contributed by atoms with Crippen LogP contribution in [0.1, 0.15) is 50.8 Å². The summed E-state index contributed by atoms with van der Waals surface area (Å²) in [5.41, 5.74) is 2.76. The standard InChI is InChI=1S/C29H28F3NO5/c1-28(2,3)38-27(35)33-25(16-17-26(33)34)22-8-6-20(7-9-22)21-10-14-23(15-11-21)36-18-19-4-12-24(13-5-19)37-29(30,31)32/h4-15,25H,16-18H2,1-3H3. The Balaban J connectivity index is 1.37. The first-order chi connectivity index (χ1) is 17.9. The first kappa shape index (κ1) is 27.0. The van der Waals surface area contributed by atoms with E-state index in [0.29, 0.717) is 24.2 Å². The lowest BCUT2D eigenvalue weighted by Crippen LogP contribution is -2.38. The van der Waals surface area contributed by atoms with Gasteiger partial charge in [-0.05, 0) is 73.7 Å². The van der Waals surface area contributed by atoms with Crippen LogP contribution in [0.3, 0.4) is 0 Å². The Kier molecular flexibility index (Phi) is 7.66. The number of halogens is 3. The molecule has 1 saturated heterocycles. The van der Waals surface area contributed by atoms with Crippen molar-refractivity contribution >= 4 is 12.0 Å². The molecule has 2 amide bonds. The lowest BCUT2D eigenvalue weighted by Gasteiger charge is -2.27. The molecule has 200 valence electrons. The summed E-state index contributed by atoms with van der Waals surface area (Å²) >= 11 is 0. The van der Waals surface area contributed by atoms with Gasteiger partial charge in [-0.15, -0.1) is 13.2 Å². The molecule has 0 aliphatic carbocycles. The fourth-order valence-corrected chi connectivity index (χ4v) is 4.13. The Morgan fingerprint density at radius 1 is 0.868 bits per heavy atom. The third-order valence-corrected chi connectivity index (χ3v) is 5.85. The molecule has 0 spiro atoms. The van der Waals surface area contributed by atoms with Crippen molar-refractivity contribution in [2.75, 3.05) is 0 Å². The number of benzene rings is 3. The Morgan fingerprint density at radius 2 is 1.42 bits per heavy atom. The molecule has 6 nitrogen and oxygen atoms in total. The number of carbonyl (C=O) groups is 2. The van der Waals surface area contributed by atoms with Crippen LogP contribution in [0.15, 0.2) is 72.8 Å². The Labute approximate surface area is 218 Å². The van der Waals surface area contributed by atoms with Gasteiger partial charge in [0, 0.05) is 6.42 Å². The number of nitrogens with zero attached hydrogens (tertiary/aromatic N) is 1. The van der Waals surface area contributed by atoms with Crippen LogP contribution < -0.4 is 9.47 Å². The van der Waals surface area contributed by atoms with E-state index in [1.165, 1.54) is 29.2 Å². The van der Waals surface area contributed by atoms with Crippen molar-refractivity contribution in [3.63, 3.8) is 0 Å². The van der Waals surface area contributed by atoms with Crippen molar-refractivity contribution in [1.29, 1.82) is 0 Å². The predicted octanol–water partition coefficient (Wildman–Crippen LogP) is 7.43. The second kappa shape index (κ2) is 10.8. The summed E-state index contributed by atoms with van der Waals surface area (Å²) < 4.78 is 51.9. The number of alkyl halides is 3. The molecule has 0 bridgehead atoms. The van der Waals surface area contributed by atoms with E-state index in [-0.39, 0.29) is 24.3 Å². The van der Waals surface area contributed by atoms with E-state index in [0.717, 1.165) is 16.7 Å². The highest BCUT2D eigenvalue weighted by atomic mass is 19.4. The molecule has 1 aliphatic heterocycles. The topological polar surface area (TPSA) is 65.1 Å². The molecule has 0 N–H and O–H groups in total. The Morgan fingerprint density at radius 3 is 1.97 bits per heavy atom. The zero-order valence-electron chi connectivity index (χ0n) is 21.2. The molecule has 4 rings (SSSR count). The van der Waals surface area contributed by atoms with Crippen LogP contribution in [0.5, 0.6) is 11.5 Å². The summed E-state index contributed by atoms with van der Waals surface area (Å²) in [5, 5.41) is 0. The number of amides is 2. The fraction of sp³-hybridized carbons (Fsp3) is 0.310. The molecule has 1 unspecified atom stereocenters. The maximum Gasteiger partial charge on any atom is 0.573 e. The molecule has 1 fully saturated rings. The lowest BCUT2D eigenvalue weighted by molar-refractivity contribution is -0.274. The normalized spacial score (nSPS) is 15.9. The maximum absolute atomic E-state index is 12.6. The van der Waals surface area contributed by atoms with Gasteiger partial charge in [-0.2, -0.15) is 0 Å². The zero-order chi connectivity index (χ0) is 27.5. The van der Waals surface area contributed by atoms with E-state index in [4.69, 9.17) is 9.47 Å². The summed E-state index contributed by atoms with van der Waals surface area (Å²) in [6.07, 6.45) is -4.52. The van der Waals surface area contributed by atoms with E-state index in [2.05, 4.69) is 4.74 Å². The van der Waals surface area contributed by atoms with Crippen LogP contribution in [0.2, 0.25) is 0 Å². The SMILES string of the molecule is CC(C)(C)OC(=O)N1C(=O)CCC1c1ccc(-c2ccc(OCc3ccc(OC(F)(F)F)cc3)cc2)cc1. The van der Waals surface area contributed by atoms with Crippen LogP contribution in [-0.4, -0.2) is 28.9 Å². The number of hydrogen-bond acceptors (Lipinski definition) is 5. The van der Waals surface area contributed by atoms with Crippen molar-refractivity contribution in [3.05, 3.63) is 83.9 Å². The van der Waals surface area contributed by atoms with Crippen molar-refractivity contribution in [3.8, 4) is 22.6 Å². The number of rotatable bonds is 6. The molecule has 1 heterocycles. The van der Waals surface area contributed by atoms with Crippen LogP contribution in [0, 0.1) is 0 Å². The van der Waals surface area contributed by atoms with E-state index in [1.807, 2.05) is 48.5 Å². The Hall–Kier alpha value is -4.01. The second-order valence-corrected chi connectivity index (χ2v) is 9.93. The van der Waals surface area contributed by atoms with E-state index in [1.54, 1.807) is 20.8 Å². The van der Waals surface area contributed by atoms with Gasteiger partial charge in [-0.1, -0.05) is 48.5 Å². The van der Waals surface area contributed by atoms with Crippen LogP contribution in [0.4, 0.5) is 18.0 Å². The first-order valence-corrected chi connectivity index (χ1v) is 12.1. The van der Waals surface area contributed by atoms with Gasteiger partial charge in [0.15, 0.2) is 0 Å². The third kappa shape index (κ3) is 7.06. The average Bonchev–Trinajstić information content (AvgIpc) is 3.23. The number of imide groups is 1. The van der Waals surface area contributed by atoms with E-state index >= 15 is 0 Å². The molecule has 3 aromatic rings. The maximum atomic E-state index is 12.6. The molecule has 1 aliphatic rings. The second-order valence-electron chi connectivity index (χ2n) is 9.93. The van der Waals surface area contributed by atoms with E-state index < -0.39 is 18.1 Å². The Bertz CT molecular complexity index is 1260. The van der Waals surface area contributed by atoms with Crippen molar-refractivity contribution in [1.82, 2.24) is 4.90 Å². The molecule has 1 atom stereocenters. The van der Waals surface area contributed by atoms with Gasteiger partial charge in [0.2, 0.25) is 5.91 Å². The van der Waals surface area contributed by atoms with Crippen LogP contribution >= 0.6 is 0 Å². The molecule has 0 aromatic heterocycles. The highest BCUT2D eigenvalue weighted by molar-refractivity contribution is 5.94. The van der Waals surface area contributed by atoms with Crippen molar-refractivity contribution in [2.24, 2.45) is 0 Å². The van der Waals surface area contributed by atoms with Gasteiger partial charge < -0.3 is 14.2 Å². The highest BCUT2D eigenvalue weighted by Gasteiger charge is 2.39. The summed E-state index contributed by atoms with van der Waals surface area (Å²) in [7, 11) is 0. The summed E-state index contributed by atoms with van der Waals surface area (Å²) in [4.78, 5) is 26.2. The molecule has 38 heavy (non-hydrogen) atoms. The van der Waals surface area contributed by atoms with Crippen molar-refractivity contribution < 1.29 is 37.0 Å². The molecular formula is C29H28F3NO5. The zero-order valence-corrected chi connectivity index (χ0v) is 21.2. The first-order valence-electron chi connectivity index (χ1n) is 12.1. The van der Waals surface area contributed by atoms with E-state index in [9.17, 15) is 22.8 Å². The van der Waals surface area contributed by atoms with Gasteiger partial charge in [0.05, 0.1) is 6.04 Å². The molecule has 0 radical (unpaired) electrons. The fourth-order valence-electron chi connectivity index (χ4n) is 4.13. The molecule has 9 heteroatoms. The third-order valence-electron chi connectivity index (χ3n) is 5.85. The largest absolute Gasteiger partial charge is 0.573 e. The average molecular weight is 528 g/mol. The minimum atomic E-state index is -4.73. The van der Waals surface area contributed by atoms with Gasteiger partial charge >= 0.3 is 12.5 Å². The van der Waals surface area contributed by atoms with Gasteiger partial charge in [0.1, 0.15) is 23.7 Å². The van der Waals surface area contributed by atoms with Crippen LogP contribution in [-0.2, 0) is 16.1 Å². The lowest BCUT2D eigenvalue weighted by atomic mass is 9.99. The minimum absolute atomic E-state index is 0.189. The number of carbonyl (C=O) groups excluding carboxylic acids is 2. The monoisotopic (exact) mass is 527 g/mol. The summed E-state index contributed by atoms with van der Waals surface area (Å²) in [5.74, 6) is 0.0849. The minimum Gasteiger partial charge on any atom is -0.489 e. The van der Waals surface area contributed by atoms with Gasteiger partial charge in [-0.3, -0.25) is 4.79 Å². The van der Waals surface area contributed by atoms with Crippen molar-refractivity contribution in [2.45, 2.75) is 58.2 Å². The van der Waals surface area contributed by atoms with Gasteiger partial charge in [-0.25, -0.2) is 9.69 Å². The highest BCUT2D eigenvalue weighted by Crippen LogP contribution is 2.35. The molecule has 0 saturated carbocycles. The quantitative estimate of drug-likeness (QED) is 0.334. The summed E-state index contributed by atoms with van der Waals surface area (Å²) in [6.45, 7) is 5.48. The summed E-state index contributed by atoms with van der Waals surface area (Å²) in [6, 6.07) is 20.3. The molecule has 3 aromatic carbocycles.